The zero-order chi connectivity index (χ0) is 10.0. The minimum atomic E-state index is -0.496. The zero-order valence-corrected chi connectivity index (χ0v) is 8.35. The summed E-state index contributed by atoms with van der Waals surface area (Å²) in [7, 11) is 0. The van der Waals surface area contributed by atoms with Gasteiger partial charge in [0.05, 0.1) is 5.60 Å². The molecule has 0 aromatic carbocycles. The van der Waals surface area contributed by atoms with E-state index in [0.717, 1.165) is 31.7 Å². The van der Waals surface area contributed by atoms with Crippen LogP contribution in [0.15, 0.2) is 18.6 Å². The molecule has 0 unspecified atom stereocenters. The third-order valence-electron chi connectivity index (χ3n) is 2.73. The first-order valence-electron chi connectivity index (χ1n) is 4.91. The number of hydrogen-bond donors (Lipinski definition) is 1. The summed E-state index contributed by atoms with van der Waals surface area (Å²) in [6.45, 7) is 3.62. The topological polar surface area (TPSA) is 49.2 Å². The SMILES string of the molecule is CC1(O)CCN(c2ccncn2)CC1. The highest BCUT2D eigenvalue weighted by molar-refractivity contribution is 5.37. The Bertz CT molecular complexity index is 289. The minimum absolute atomic E-state index is 0.496. The zero-order valence-electron chi connectivity index (χ0n) is 8.35. The molecule has 0 amide bonds. The molecule has 1 fully saturated rings. The van der Waals surface area contributed by atoms with Gasteiger partial charge in [-0.2, -0.15) is 0 Å². The van der Waals surface area contributed by atoms with E-state index in [4.69, 9.17) is 0 Å². The number of aromatic nitrogens is 2. The summed E-state index contributed by atoms with van der Waals surface area (Å²) in [6, 6.07) is 1.90. The highest BCUT2D eigenvalue weighted by Gasteiger charge is 2.27. The van der Waals surface area contributed by atoms with E-state index in [1.54, 1.807) is 12.5 Å². The third kappa shape index (κ3) is 2.01. The predicted molar refractivity (Wildman–Crippen MR) is 54.1 cm³/mol. The molecule has 2 rings (SSSR count). The van der Waals surface area contributed by atoms with E-state index in [1.165, 1.54) is 0 Å². The fourth-order valence-electron chi connectivity index (χ4n) is 1.69. The van der Waals surface area contributed by atoms with Crippen LogP contribution in [0.5, 0.6) is 0 Å². The second-order valence-electron chi connectivity index (χ2n) is 4.05. The molecule has 0 radical (unpaired) electrons. The average molecular weight is 193 g/mol. The van der Waals surface area contributed by atoms with E-state index < -0.39 is 5.60 Å². The molecule has 1 N–H and O–H groups in total. The molecule has 4 heteroatoms. The molecule has 1 aromatic heterocycles. The maximum absolute atomic E-state index is 9.78. The van der Waals surface area contributed by atoms with E-state index in [-0.39, 0.29) is 0 Å². The molecule has 1 aliphatic rings. The van der Waals surface area contributed by atoms with Gasteiger partial charge >= 0.3 is 0 Å². The molecule has 1 aliphatic heterocycles. The quantitative estimate of drug-likeness (QED) is 0.717. The van der Waals surface area contributed by atoms with Gasteiger partial charge in [0.2, 0.25) is 0 Å². The highest BCUT2D eigenvalue weighted by atomic mass is 16.3. The van der Waals surface area contributed by atoms with E-state index in [9.17, 15) is 5.11 Å². The van der Waals surface area contributed by atoms with Gasteiger partial charge in [0.15, 0.2) is 0 Å². The van der Waals surface area contributed by atoms with Crippen molar-refractivity contribution in [3.05, 3.63) is 18.6 Å². The monoisotopic (exact) mass is 193 g/mol. The first-order chi connectivity index (χ1) is 6.67. The maximum atomic E-state index is 9.78. The summed E-state index contributed by atoms with van der Waals surface area (Å²) in [5.74, 6) is 0.954. The average Bonchev–Trinajstić information content (AvgIpc) is 2.19. The molecule has 76 valence electrons. The van der Waals surface area contributed by atoms with Crippen molar-refractivity contribution in [1.82, 2.24) is 9.97 Å². The summed E-state index contributed by atoms with van der Waals surface area (Å²) in [5.41, 5.74) is -0.496. The number of piperidine rings is 1. The molecule has 1 aromatic rings. The van der Waals surface area contributed by atoms with Crippen molar-refractivity contribution >= 4 is 5.82 Å². The van der Waals surface area contributed by atoms with Crippen LogP contribution in [0.1, 0.15) is 19.8 Å². The van der Waals surface area contributed by atoms with Gasteiger partial charge < -0.3 is 10.0 Å². The van der Waals surface area contributed by atoms with Gasteiger partial charge in [-0.25, -0.2) is 9.97 Å². The van der Waals surface area contributed by atoms with Crippen LogP contribution in [0.25, 0.3) is 0 Å². The Balaban J connectivity index is 2.03. The maximum Gasteiger partial charge on any atom is 0.131 e. The largest absolute Gasteiger partial charge is 0.390 e. The summed E-state index contributed by atoms with van der Waals surface area (Å²) in [6.07, 6.45) is 4.91. The Morgan fingerprint density at radius 1 is 1.43 bits per heavy atom. The lowest BCUT2D eigenvalue weighted by Gasteiger charge is -2.36. The molecular formula is C10H15N3O. The normalized spacial score (nSPS) is 20.9. The summed E-state index contributed by atoms with van der Waals surface area (Å²) >= 11 is 0. The van der Waals surface area contributed by atoms with E-state index in [2.05, 4.69) is 14.9 Å². The molecular weight excluding hydrogens is 178 g/mol. The Labute approximate surface area is 83.6 Å². The van der Waals surface area contributed by atoms with Crippen LogP contribution >= 0.6 is 0 Å². The van der Waals surface area contributed by atoms with Crippen LogP contribution in [0.3, 0.4) is 0 Å². The van der Waals surface area contributed by atoms with Gasteiger partial charge in [-0.1, -0.05) is 0 Å². The second-order valence-corrected chi connectivity index (χ2v) is 4.05. The lowest BCUT2D eigenvalue weighted by atomic mass is 9.94. The smallest absolute Gasteiger partial charge is 0.131 e. The van der Waals surface area contributed by atoms with Crippen molar-refractivity contribution in [3.8, 4) is 0 Å². The van der Waals surface area contributed by atoms with E-state index in [1.807, 2.05) is 13.0 Å². The first-order valence-corrected chi connectivity index (χ1v) is 4.91. The van der Waals surface area contributed by atoms with Gasteiger partial charge in [-0.15, -0.1) is 0 Å². The van der Waals surface area contributed by atoms with Crippen molar-refractivity contribution in [1.29, 1.82) is 0 Å². The van der Waals surface area contributed by atoms with Crippen LogP contribution in [-0.4, -0.2) is 33.8 Å². The lowest BCUT2D eigenvalue weighted by Crippen LogP contribution is -2.42. The predicted octanol–water partition coefficient (Wildman–Crippen LogP) is 0.828. The van der Waals surface area contributed by atoms with Crippen LogP contribution in [0.4, 0.5) is 5.82 Å². The molecule has 1 saturated heterocycles. The van der Waals surface area contributed by atoms with Gasteiger partial charge in [0.25, 0.3) is 0 Å². The van der Waals surface area contributed by atoms with Gasteiger partial charge in [0.1, 0.15) is 12.1 Å². The molecule has 2 heterocycles. The molecule has 0 spiro atoms. The number of hydrogen-bond acceptors (Lipinski definition) is 4. The second kappa shape index (κ2) is 3.53. The van der Waals surface area contributed by atoms with Crippen molar-refractivity contribution < 1.29 is 5.11 Å². The third-order valence-corrected chi connectivity index (χ3v) is 2.73. The number of rotatable bonds is 1. The van der Waals surface area contributed by atoms with E-state index >= 15 is 0 Å². The van der Waals surface area contributed by atoms with Crippen LogP contribution in [0.2, 0.25) is 0 Å². The van der Waals surface area contributed by atoms with Crippen molar-refractivity contribution in [2.75, 3.05) is 18.0 Å². The summed E-state index contributed by atoms with van der Waals surface area (Å²) in [4.78, 5) is 10.2. The van der Waals surface area contributed by atoms with Crippen LogP contribution in [0, 0.1) is 0 Å². The molecule has 0 aliphatic carbocycles. The Hall–Kier alpha value is -1.16. The van der Waals surface area contributed by atoms with Gasteiger partial charge in [-0.05, 0) is 25.8 Å². The highest BCUT2D eigenvalue weighted by Crippen LogP contribution is 2.23. The van der Waals surface area contributed by atoms with Gasteiger partial charge in [0, 0.05) is 19.3 Å². The molecule has 14 heavy (non-hydrogen) atoms. The fraction of sp³-hybridized carbons (Fsp3) is 0.600. The van der Waals surface area contributed by atoms with Crippen molar-refractivity contribution in [2.24, 2.45) is 0 Å². The van der Waals surface area contributed by atoms with Gasteiger partial charge in [-0.3, -0.25) is 0 Å². The van der Waals surface area contributed by atoms with Crippen LogP contribution in [-0.2, 0) is 0 Å². The molecule has 0 atom stereocenters. The van der Waals surface area contributed by atoms with Crippen molar-refractivity contribution in [2.45, 2.75) is 25.4 Å². The first kappa shape index (κ1) is 9.40. The summed E-state index contributed by atoms with van der Waals surface area (Å²) in [5, 5.41) is 9.78. The molecule has 4 nitrogen and oxygen atoms in total. The summed E-state index contributed by atoms with van der Waals surface area (Å²) < 4.78 is 0. The molecule has 0 bridgehead atoms. The Morgan fingerprint density at radius 2 is 2.14 bits per heavy atom. The minimum Gasteiger partial charge on any atom is -0.390 e. The van der Waals surface area contributed by atoms with Crippen LogP contribution < -0.4 is 4.90 Å². The lowest BCUT2D eigenvalue weighted by molar-refractivity contribution is 0.0350. The fourth-order valence-corrected chi connectivity index (χ4v) is 1.69. The van der Waals surface area contributed by atoms with E-state index in [0.29, 0.717) is 0 Å². The van der Waals surface area contributed by atoms with Crippen molar-refractivity contribution in [3.63, 3.8) is 0 Å². The molecule has 0 saturated carbocycles. The standard InChI is InChI=1S/C10H15N3O/c1-10(14)3-6-13(7-4-10)9-2-5-11-8-12-9/h2,5,8,14H,3-4,6-7H2,1H3. The number of aliphatic hydroxyl groups is 1. The Kier molecular flexibility index (Phi) is 2.37. The number of anilines is 1. The Morgan fingerprint density at radius 3 is 2.71 bits per heavy atom. The number of nitrogens with zero attached hydrogens (tertiary/aromatic N) is 3.